The summed E-state index contributed by atoms with van der Waals surface area (Å²) < 4.78 is 5.31. The maximum absolute atomic E-state index is 12.1. The van der Waals surface area contributed by atoms with Crippen molar-refractivity contribution in [3.05, 3.63) is 53.1 Å². The standard InChI is InChI=1S/C18H14ClN5O2S/c1-26-15-6-5-12(19)8-14(15)17-22-18(24-23-17)27-10-16(25)21-13-4-2-3-11(7-13)9-20/h2-8H,10H2,1H3,(H,21,25)(H,22,23,24). The highest BCUT2D eigenvalue weighted by Crippen LogP contribution is 2.31. The second kappa shape index (κ2) is 8.58. The Morgan fingerprint density at radius 2 is 2.22 bits per heavy atom. The van der Waals surface area contributed by atoms with E-state index in [2.05, 4.69) is 20.5 Å². The second-order valence-electron chi connectivity index (χ2n) is 5.34. The number of anilines is 1. The number of methoxy groups -OCH3 is 1. The Morgan fingerprint density at radius 3 is 3.00 bits per heavy atom. The van der Waals surface area contributed by atoms with Gasteiger partial charge in [0.15, 0.2) is 5.82 Å². The van der Waals surface area contributed by atoms with Crippen LogP contribution in [0.5, 0.6) is 5.75 Å². The molecular weight excluding hydrogens is 386 g/mol. The van der Waals surface area contributed by atoms with Gasteiger partial charge in [0.05, 0.1) is 30.1 Å². The van der Waals surface area contributed by atoms with E-state index in [9.17, 15) is 4.79 Å². The zero-order valence-electron chi connectivity index (χ0n) is 14.2. The predicted molar refractivity (Wildman–Crippen MR) is 104 cm³/mol. The highest BCUT2D eigenvalue weighted by molar-refractivity contribution is 7.99. The first-order chi connectivity index (χ1) is 13.1. The molecule has 1 amide bonds. The number of aromatic nitrogens is 3. The van der Waals surface area contributed by atoms with Crippen molar-refractivity contribution in [2.75, 3.05) is 18.2 Å². The van der Waals surface area contributed by atoms with Crippen LogP contribution in [0.4, 0.5) is 5.69 Å². The molecule has 3 rings (SSSR count). The van der Waals surface area contributed by atoms with Crippen LogP contribution in [0.25, 0.3) is 11.4 Å². The Kier molecular flexibility index (Phi) is 5.96. The largest absolute Gasteiger partial charge is 0.496 e. The molecule has 0 bridgehead atoms. The molecule has 0 aliphatic heterocycles. The Hall–Kier alpha value is -3.02. The van der Waals surface area contributed by atoms with Gasteiger partial charge in [0.2, 0.25) is 11.1 Å². The number of nitrogens with one attached hydrogen (secondary N) is 2. The van der Waals surface area contributed by atoms with E-state index in [4.69, 9.17) is 21.6 Å². The molecule has 0 saturated heterocycles. The van der Waals surface area contributed by atoms with Crippen LogP contribution in [0.3, 0.4) is 0 Å². The van der Waals surface area contributed by atoms with Gasteiger partial charge in [-0.2, -0.15) is 5.26 Å². The molecule has 0 aliphatic rings. The van der Waals surface area contributed by atoms with Crippen molar-refractivity contribution in [3.8, 4) is 23.2 Å². The van der Waals surface area contributed by atoms with Crippen molar-refractivity contribution in [1.82, 2.24) is 15.2 Å². The summed E-state index contributed by atoms with van der Waals surface area (Å²) in [4.78, 5) is 16.5. The number of H-pyrrole nitrogens is 1. The lowest BCUT2D eigenvalue weighted by Gasteiger charge is -2.05. The molecule has 0 atom stereocenters. The zero-order chi connectivity index (χ0) is 19.2. The van der Waals surface area contributed by atoms with E-state index in [-0.39, 0.29) is 11.7 Å². The monoisotopic (exact) mass is 399 g/mol. The van der Waals surface area contributed by atoms with Gasteiger partial charge >= 0.3 is 0 Å². The third kappa shape index (κ3) is 4.78. The summed E-state index contributed by atoms with van der Waals surface area (Å²) in [5.74, 6) is 1.02. The maximum atomic E-state index is 12.1. The van der Waals surface area contributed by atoms with Crippen LogP contribution in [0.15, 0.2) is 47.6 Å². The fraction of sp³-hybridized carbons (Fsp3) is 0.111. The lowest BCUT2D eigenvalue weighted by molar-refractivity contribution is -0.113. The molecule has 3 aromatic rings. The molecule has 9 heteroatoms. The molecule has 136 valence electrons. The number of aromatic amines is 1. The number of hydrogen-bond donors (Lipinski definition) is 2. The summed E-state index contributed by atoms with van der Waals surface area (Å²) >= 11 is 7.22. The summed E-state index contributed by atoms with van der Waals surface area (Å²) in [5.41, 5.74) is 1.73. The molecule has 0 spiro atoms. The molecule has 7 nitrogen and oxygen atoms in total. The summed E-state index contributed by atoms with van der Waals surface area (Å²) in [6.45, 7) is 0. The molecule has 0 fully saturated rings. The minimum Gasteiger partial charge on any atom is -0.496 e. The summed E-state index contributed by atoms with van der Waals surface area (Å²) in [5, 5.41) is 19.5. The summed E-state index contributed by atoms with van der Waals surface area (Å²) in [6, 6.07) is 13.9. The van der Waals surface area contributed by atoms with Crippen LogP contribution in [-0.2, 0) is 4.79 Å². The van der Waals surface area contributed by atoms with Gasteiger partial charge in [-0.25, -0.2) is 4.98 Å². The Morgan fingerprint density at radius 1 is 1.37 bits per heavy atom. The van der Waals surface area contributed by atoms with Gasteiger partial charge in [-0.15, -0.1) is 5.10 Å². The average molecular weight is 400 g/mol. The van der Waals surface area contributed by atoms with Gasteiger partial charge in [-0.1, -0.05) is 29.4 Å². The van der Waals surface area contributed by atoms with Crippen molar-refractivity contribution >= 4 is 35.0 Å². The molecular formula is C18H14ClN5O2S. The van der Waals surface area contributed by atoms with E-state index in [1.54, 1.807) is 49.6 Å². The third-order valence-corrected chi connectivity index (χ3v) is 4.57. The second-order valence-corrected chi connectivity index (χ2v) is 6.72. The topological polar surface area (TPSA) is 104 Å². The number of carbonyl (C=O) groups excluding carboxylic acids is 1. The van der Waals surface area contributed by atoms with Gasteiger partial charge in [-0.05, 0) is 36.4 Å². The first-order valence-electron chi connectivity index (χ1n) is 7.78. The molecule has 27 heavy (non-hydrogen) atoms. The van der Waals surface area contributed by atoms with E-state index in [0.29, 0.717) is 38.6 Å². The van der Waals surface area contributed by atoms with E-state index in [1.165, 1.54) is 11.8 Å². The number of thioether (sulfide) groups is 1. The number of rotatable bonds is 6. The molecule has 0 unspecified atom stereocenters. The van der Waals surface area contributed by atoms with Gasteiger partial charge in [-0.3, -0.25) is 9.89 Å². The summed E-state index contributed by atoms with van der Waals surface area (Å²) in [7, 11) is 1.56. The molecule has 2 aromatic carbocycles. The van der Waals surface area contributed by atoms with Crippen molar-refractivity contribution in [1.29, 1.82) is 5.26 Å². The quantitative estimate of drug-likeness (QED) is 0.612. The first kappa shape index (κ1) is 18.8. The first-order valence-corrected chi connectivity index (χ1v) is 9.14. The number of benzene rings is 2. The lowest BCUT2D eigenvalue weighted by Crippen LogP contribution is -2.14. The van der Waals surface area contributed by atoms with Gasteiger partial charge in [0.25, 0.3) is 0 Å². The minimum atomic E-state index is -0.221. The van der Waals surface area contributed by atoms with Crippen molar-refractivity contribution in [2.24, 2.45) is 0 Å². The fourth-order valence-electron chi connectivity index (χ4n) is 2.29. The fourth-order valence-corrected chi connectivity index (χ4v) is 3.06. The SMILES string of the molecule is COc1ccc(Cl)cc1-c1nc(SCC(=O)Nc2cccc(C#N)c2)n[nH]1. The minimum absolute atomic E-state index is 0.126. The Labute approximate surface area is 164 Å². The number of carbonyl (C=O) groups is 1. The van der Waals surface area contributed by atoms with Crippen LogP contribution < -0.4 is 10.1 Å². The van der Waals surface area contributed by atoms with E-state index < -0.39 is 0 Å². The molecule has 2 N–H and O–H groups in total. The number of amides is 1. The predicted octanol–water partition coefficient (Wildman–Crippen LogP) is 3.74. The van der Waals surface area contributed by atoms with E-state index >= 15 is 0 Å². The Balaban J connectivity index is 1.64. The molecule has 1 aromatic heterocycles. The molecule has 1 heterocycles. The van der Waals surface area contributed by atoms with Crippen molar-refractivity contribution in [2.45, 2.75) is 5.16 Å². The Bertz CT molecular complexity index is 1010. The van der Waals surface area contributed by atoms with E-state index in [0.717, 1.165) is 0 Å². The smallest absolute Gasteiger partial charge is 0.234 e. The van der Waals surface area contributed by atoms with Crippen LogP contribution in [0, 0.1) is 11.3 Å². The normalized spacial score (nSPS) is 10.3. The van der Waals surface area contributed by atoms with Gasteiger partial charge in [0, 0.05) is 10.7 Å². The number of halogens is 1. The highest BCUT2D eigenvalue weighted by atomic mass is 35.5. The van der Waals surface area contributed by atoms with Gasteiger partial charge < -0.3 is 10.1 Å². The third-order valence-electron chi connectivity index (χ3n) is 3.49. The number of nitriles is 1. The molecule has 0 aliphatic carbocycles. The average Bonchev–Trinajstić information content (AvgIpc) is 3.15. The molecule has 0 saturated carbocycles. The van der Waals surface area contributed by atoms with Crippen molar-refractivity contribution < 1.29 is 9.53 Å². The lowest BCUT2D eigenvalue weighted by atomic mass is 10.2. The van der Waals surface area contributed by atoms with Crippen LogP contribution in [0.1, 0.15) is 5.56 Å². The number of nitrogens with zero attached hydrogens (tertiary/aromatic N) is 3. The van der Waals surface area contributed by atoms with Crippen LogP contribution in [-0.4, -0.2) is 34.0 Å². The van der Waals surface area contributed by atoms with Crippen LogP contribution in [0.2, 0.25) is 5.02 Å². The summed E-state index contributed by atoms with van der Waals surface area (Å²) in [6.07, 6.45) is 0. The maximum Gasteiger partial charge on any atom is 0.234 e. The van der Waals surface area contributed by atoms with Crippen molar-refractivity contribution in [3.63, 3.8) is 0 Å². The van der Waals surface area contributed by atoms with E-state index in [1.807, 2.05) is 6.07 Å². The number of hydrogen-bond acceptors (Lipinski definition) is 6. The van der Waals surface area contributed by atoms with Gasteiger partial charge in [0.1, 0.15) is 5.75 Å². The molecule has 0 radical (unpaired) electrons. The zero-order valence-corrected chi connectivity index (χ0v) is 15.8. The highest BCUT2D eigenvalue weighted by Gasteiger charge is 2.13. The van der Waals surface area contributed by atoms with Crippen LogP contribution >= 0.6 is 23.4 Å². The number of ether oxygens (including phenoxy) is 1.